The van der Waals surface area contributed by atoms with Gasteiger partial charge in [0.15, 0.2) is 12.6 Å². The summed E-state index contributed by atoms with van der Waals surface area (Å²) in [5, 5.41) is 10.2. The van der Waals surface area contributed by atoms with E-state index in [1.54, 1.807) is 12.3 Å². The Bertz CT molecular complexity index is 1110. The molecule has 1 amide bonds. The first-order valence-corrected chi connectivity index (χ1v) is 11.2. The standard InChI is InChI=1S/C26H26N2O6/c27-24(30)19-11-12-28-14-18(19)13-20-22-23(34-25(31-20)16-7-3-1-4-8-16)21(15-29)32-26(33-22)17-9-5-2-6-10-17/h1-12,14,20-23,25-26,29H,13,15H2,(H2,27,30)/t20-,21-,22+,23-,25?,26?/m1/s1. The summed E-state index contributed by atoms with van der Waals surface area (Å²) >= 11 is 0. The number of amides is 1. The van der Waals surface area contributed by atoms with Gasteiger partial charge in [-0.25, -0.2) is 0 Å². The van der Waals surface area contributed by atoms with Crippen LogP contribution < -0.4 is 5.73 Å². The molecule has 0 radical (unpaired) electrons. The highest BCUT2D eigenvalue weighted by Gasteiger charge is 2.50. The third-order valence-electron chi connectivity index (χ3n) is 6.13. The summed E-state index contributed by atoms with van der Waals surface area (Å²) in [6, 6.07) is 20.6. The normalized spacial score (nSPS) is 28.7. The van der Waals surface area contributed by atoms with Crippen molar-refractivity contribution in [3.8, 4) is 0 Å². The molecule has 8 heteroatoms. The first-order chi connectivity index (χ1) is 16.6. The molecule has 2 unspecified atom stereocenters. The lowest BCUT2D eigenvalue weighted by Gasteiger charge is -2.49. The minimum absolute atomic E-state index is 0.248. The minimum atomic E-state index is -0.702. The van der Waals surface area contributed by atoms with Crippen LogP contribution in [0, 0.1) is 0 Å². The van der Waals surface area contributed by atoms with Gasteiger partial charge in [0.1, 0.15) is 18.3 Å². The second kappa shape index (κ2) is 10.0. The van der Waals surface area contributed by atoms with Crippen molar-refractivity contribution >= 4 is 5.91 Å². The predicted molar refractivity (Wildman–Crippen MR) is 121 cm³/mol. The van der Waals surface area contributed by atoms with Gasteiger partial charge in [-0.05, 0) is 11.6 Å². The molecule has 0 saturated carbocycles. The zero-order valence-corrected chi connectivity index (χ0v) is 18.4. The largest absolute Gasteiger partial charge is 0.394 e. The number of nitrogens with two attached hydrogens (primary N) is 1. The van der Waals surface area contributed by atoms with Crippen molar-refractivity contribution in [3.63, 3.8) is 0 Å². The number of aromatic nitrogens is 1. The van der Waals surface area contributed by atoms with E-state index >= 15 is 0 Å². The van der Waals surface area contributed by atoms with E-state index < -0.39 is 42.9 Å². The van der Waals surface area contributed by atoms with Gasteiger partial charge in [-0.3, -0.25) is 9.78 Å². The summed E-state index contributed by atoms with van der Waals surface area (Å²) in [6.45, 7) is -0.248. The lowest BCUT2D eigenvalue weighted by atomic mass is 9.93. The summed E-state index contributed by atoms with van der Waals surface area (Å²) in [6.07, 6.45) is -0.256. The molecule has 3 aromatic rings. The molecule has 2 aliphatic rings. The van der Waals surface area contributed by atoms with Gasteiger partial charge < -0.3 is 29.8 Å². The molecule has 3 N–H and O–H groups in total. The molecule has 34 heavy (non-hydrogen) atoms. The number of primary amides is 1. The fourth-order valence-corrected chi connectivity index (χ4v) is 4.47. The molecule has 0 bridgehead atoms. The van der Waals surface area contributed by atoms with Gasteiger partial charge in [-0.15, -0.1) is 0 Å². The van der Waals surface area contributed by atoms with E-state index in [2.05, 4.69) is 4.98 Å². The van der Waals surface area contributed by atoms with E-state index in [0.717, 1.165) is 11.1 Å². The van der Waals surface area contributed by atoms with Crippen molar-refractivity contribution in [1.82, 2.24) is 4.98 Å². The Balaban J connectivity index is 1.50. The smallest absolute Gasteiger partial charge is 0.249 e. The molecule has 2 aromatic carbocycles. The maximum absolute atomic E-state index is 12.0. The molecule has 3 heterocycles. The van der Waals surface area contributed by atoms with E-state index in [1.807, 2.05) is 60.7 Å². The van der Waals surface area contributed by atoms with E-state index in [0.29, 0.717) is 17.5 Å². The number of aliphatic hydroxyl groups is 1. The average Bonchev–Trinajstić information content (AvgIpc) is 2.89. The summed E-state index contributed by atoms with van der Waals surface area (Å²) < 4.78 is 25.1. The van der Waals surface area contributed by atoms with Gasteiger partial charge in [0.2, 0.25) is 5.91 Å². The predicted octanol–water partition coefficient (Wildman–Crippen LogP) is 2.68. The van der Waals surface area contributed by atoms with Gasteiger partial charge in [-0.1, -0.05) is 60.7 Å². The van der Waals surface area contributed by atoms with Gasteiger partial charge in [0.25, 0.3) is 0 Å². The van der Waals surface area contributed by atoms with Crippen LogP contribution >= 0.6 is 0 Å². The van der Waals surface area contributed by atoms with Crippen LogP contribution in [0.4, 0.5) is 0 Å². The number of carbonyl (C=O) groups is 1. The lowest BCUT2D eigenvalue weighted by molar-refractivity contribution is -0.384. The van der Waals surface area contributed by atoms with E-state index in [4.69, 9.17) is 24.7 Å². The van der Waals surface area contributed by atoms with Gasteiger partial charge in [0, 0.05) is 35.5 Å². The Morgan fingerprint density at radius 1 is 0.824 bits per heavy atom. The molecular formula is C26H26N2O6. The van der Waals surface area contributed by atoms with E-state index in [1.165, 1.54) is 6.20 Å². The highest BCUT2D eigenvalue weighted by atomic mass is 16.8. The highest BCUT2D eigenvalue weighted by molar-refractivity contribution is 5.94. The van der Waals surface area contributed by atoms with Crippen molar-refractivity contribution in [2.45, 2.75) is 43.4 Å². The second-order valence-corrected chi connectivity index (χ2v) is 8.32. The van der Waals surface area contributed by atoms with Crippen LogP contribution in [0.25, 0.3) is 0 Å². The first kappa shape index (κ1) is 22.6. The Labute approximate surface area is 197 Å². The van der Waals surface area contributed by atoms with Crippen molar-refractivity contribution in [3.05, 3.63) is 101 Å². The molecule has 0 spiro atoms. The third kappa shape index (κ3) is 4.59. The monoisotopic (exact) mass is 462 g/mol. The Kier molecular flexibility index (Phi) is 6.66. The van der Waals surface area contributed by atoms with Crippen LogP contribution in [-0.4, -0.2) is 47.0 Å². The van der Waals surface area contributed by atoms with Crippen LogP contribution in [0.3, 0.4) is 0 Å². The van der Waals surface area contributed by atoms with E-state index in [9.17, 15) is 9.90 Å². The average molecular weight is 463 g/mol. The molecule has 5 rings (SSSR count). The van der Waals surface area contributed by atoms with Gasteiger partial charge in [0.05, 0.1) is 12.7 Å². The molecule has 8 nitrogen and oxygen atoms in total. The van der Waals surface area contributed by atoms with Crippen LogP contribution in [0.15, 0.2) is 79.1 Å². The van der Waals surface area contributed by atoms with Crippen LogP contribution in [0.2, 0.25) is 0 Å². The SMILES string of the molecule is NC(=O)c1ccncc1C[C@H]1OC(c2ccccc2)O[C@H]2[C@H]1OC(c1ccccc1)O[C@@H]2CO. The van der Waals surface area contributed by atoms with Crippen molar-refractivity contribution < 1.29 is 28.8 Å². The summed E-state index contributed by atoms with van der Waals surface area (Å²) in [4.78, 5) is 16.2. The topological polar surface area (TPSA) is 113 Å². The molecule has 1 aromatic heterocycles. The molecule has 0 aliphatic carbocycles. The fourth-order valence-electron chi connectivity index (χ4n) is 4.47. The van der Waals surface area contributed by atoms with Gasteiger partial charge >= 0.3 is 0 Å². The van der Waals surface area contributed by atoms with Crippen LogP contribution in [0.1, 0.15) is 39.6 Å². The summed E-state index contributed by atoms with van der Waals surface area (Å²) in [5.74, 6) is -0.538. The fraction of sp³-hybridized carbons (Fsp3) is 0.308. The quantitative estimate of drug-likeness (QED) is 0.579. The number of aliphatic hydroxyl groups excluding tert-OH is 1. The number of benzene rings is 2. The lowest BCUT2D eigenvalue weighted by Crippen LogP contribution is -2.59. The molecule has 6 atom stereocenters. The van der Waals surface area contributed by atoms with Crippen molar-refractivity contribution in [2.75, 3.05) is 6.61 Å². The highest BCUT2D eigenvalue weighted by Crippen LogP contribution is 2.41. The first-order valence-electron chi connectivity index (χ1n) is 11.2. The second-order valence-electron chi connectivity index (χ2n) is 8.32. The molecule has 2 aliphatic heterocycles. The van der Waals surface area contributed by atoms with Crippen LogP contribution in [0.5, 0.6) is 0 Å². The number of pyridine rings is 1. The van der Waals surface area contributed by atoms with Crippen molar-refractivity contribution in [2.24, 2.45) is 5.73 Å². The Hall–Kier alpha value is -3.14. The number of rotatable bonds is 6. The maximum Gasteiger partial charge on any atom is 0.249 e. The molecule has 176 valence electrons. The zero-order valence-electron chi connectivity index (χ0n) is 18.4. The Morgan fingerprint density at radius 3 is 1.94 bits per heavy atom. The number of hydrogen-bond donors (Lipinski definition) is 2. The van der Waals surface area contributed by atoms with E-state index in [-0.39, 0.29) is 6.61 Å². The molecule has 2 fully saturated rings. The number of carbonyl (C=O) groups excluding carboxylic acids is 1. The Morgan fingerprint density at radius 2 is 1.38 bits per heavy atom. The van der Waals surface area contributed by atoms with Gasteiger partial charge in [-0.2, -0.15) is 0 Å². The summed E-state index contributed by atoms with van der Waals surface area (Å²) in [5.41, 5.74) is 8.27. The van der Waals surface area contributed by atoms with Crippen LogP contribution in [-0.2, 0) is 25.4 Å². The minimum Gasteiger partial charge on any atom is -0.394 e. The maximum atomic E-state index is 12.0. The third-order valence-corrected chi connectivity index (χ3v) is 6.13. The molecular weight excluding hydrogens is 436 g/mol. The number of nitrogens with zero attached hydrogens (tertiary/aromatic N) is 1. The van der Waals surface area contributed by atoms with Crippen molar-refractivity contribution in [1.29, 1.82) is 0 Å². The summed E-state index contributed by atoms with van der Waals surface area (Å²) in [7, 11) is 0. The molecule has 2 saturated heterocycles. The number of ether oxygens (including phenoxy) is 4. The number of hydrogen-bond acceptors (Lipinski definition) is 7. The number of fused-ring (bicyclic) bond motifs is 1. The zero-order chi connectivity index (χ0) is 23.5.